The molecule has 0 aromatic rings. The number of hydrogen-bond donors (Lipinski definition) is 0. The SMILES string of the molecule is CC/C=C\C/C=C\C/C=C\C/C=C\C/C=C\CC(=O)OC(COC(=O)CCCCCCCCCC)COC(=O)CCCCCCCCCCCC/C=C\C/C=C\C/C=C\C/C=C\CC. The van der Waals surface area contributed by atoms with Crippen LogP contribution in [0.2, 0.25) is 0 Å². The van der Waals surface area contributed by atoms with Crippen molar-refractivity contribution in [3.63, 3.8) is 0 Å². The number of hydrogen-bond acceptors (Lipinski definition) is 6. The van der Waals surface area contributed by atoms with E-state index in [1.54, 1.807) is 6.08 Å². The minimum atomic E-state index is -0.832. The minimum Gasteiger partial charge on any atom is -0.462 e. The molecule has 1 atom stereocenters. The van der Waals surface area contributed by atoms with Crippen molar-refractivity contribution >= 4 is 17.9 Å². The molecule has 64 heavy (non-hydrogen) atoms. The molecule has 0 aromatic heterocycles. The molecule has 362 valence electrons. The fourth-order valence-electron chi connectivity index (χ4n) is 6.74. The molecule has 6 heteroatoms. The molecule has 0 amide bonds. The lowest BCUT2D eigenvalue weighted by Gasteiger charge is -2.18. The van der Waals surface area contributed by atoms with Crippen LogP contribution in [-0.2, 0) is 28.6 Å². The molecule has 0 aromatic carbocycles. The van der Waals surface area contributed by atoms with Gasteiger partial charge < -0.3 is 14.2 Å². The number of carbonyl (C=O) groups excluding carboxylic acids is 3. The van der Waals surface area contributed by atoms with E-state index in [1.165, 1.54) is 83.5 Å². The van der Waals surface area contributed by atoms with E-state index in [2.05, 4.69) is 118 Å². The van der Waals surface area contributed by atoms with Crippen molar-refractivity contribution in [2.24, 2.45) is 0 Å². The van der Waals surface area contributed by atoms with Crippen LogP contribution in [0.1, 0.15) is 220 Å². The van der Waals surface area contributed by atoms with E-state index in [9.17, 15) is 14.4 Å². The van der Waals surface area contributed by atoms with Gasteiger partial charge in [-0.2, -0.15) is 0 Å². The van der Waals surface area contributed by atoms with Crippen LogP contribution in [0, 0.1) is 0 Å². The van der Waals surface area contributed by atoms with E-state index in [4.69, 9.17) is 14.2 Å². The largest absolute Gasteiger partial charge is 0.462 e. The maximum Gasteiger partial charge on any atom is 0.310 e. The van der Waals surface area contributed by atoms with Gasteiger partial charge in [-0.1, -0.05) is 226 Å². The van der Waals surface area contributed by atoms with Crippen LogP contribution in [0.15, 0.2) is 109 Å². The number of allylic oxidation sites excluding steroid dienone is 17. The van der Waals surface area contributed by atoms with Crippen molar-refractivity contribution in [2.75, 3.05) is 13.2 Å². The second-order valence-corrected chi connectivity index (χ2v) is 16.7. The zero-order valence-corrected chi connectivity index (χ0v) is 41.3. The van der Waals surface area contributed by atoms with Gasteiger partial charge in [0, 0.05) is 12.8 Å². The fraction of sp³-hybridized carbons (Fsp3) is 0.638. The predicted octanol–water partition coefficient (Wildman–Crippen LogP) is 17.1. The average molecular weight is 887 g/mol. The Balaban J connectivity index is 4.35. The molecule has 6 nitrogen and oxygen atoms in total. The molecule has 0 aliphatic rings. The zero-order chi connectivity index (χ0) is 46.5. The summed E-state index contributed by atoms with van der Waals surface area (Å²) in [5, 5.41) is 0. The first-order valence-corrected chi connectivity index (χ1v) is 25.9. The highest BCUT2D eigenvalue weighted by atomic mass is 16.6. The number of rotatable bonds is 45. The van der Waals surface area contributed by atoms with Crippen molar-refractivity contribution < 1.29 is 28.6 Å². The van der Waals surface area contributed by atoms with Gasteiger partial charge in [0.1, 0.15) is 13.2 Å². The van der Waals surface area contributed by atoms with Gasteiger partial charge in [-0.15, -0.1) is 0 Å². The second-order valence-electron chi connectivity index (χ2n) is 16.7. The zero-order valence-electron chi connectivity index (χ0n) is 41.3. The molecule has 0 rings (SSSR count). The topological polar surface area (TPSA) is 78.9 Å². The van der Waals surface area contributed by atoms with E-state index in [0.717, 1.165) is 96.3 Å². The average Bonchev–Trinajstić information content (AvgIpc) is 3.29. The summed E-state index contributed by atoms with van der Waals surface area (Å²) in [4.78, 5) is 37.8. The van der Waals surface area contributed by atoms with Gasteiger partial charge >= 0.3 is 17.9 Å². The molecule has 0 fully saturated rings. The highest BCUT2D eigenvalue weighted by Crippen LogP contribution is 2.14. The van der Waals surface area contributed by atoms with Crippen LogP contribution in [-0.4, -0.2) is 37.2 Å². The number of unbranched alkanes of at least 4 members (excludes halogenated alkanes) is 17. The molecular formula is C58H94O6. The highest BCUT2D eigenvalue weighted by Gasteiger charge is 2.19. The number of carbonyl (C=O) groups is 3. The van der Waals surface area contributed by atoms with Gasteiger partial charge in [-0.05, 0) is 83.5 Å². The Morgan fingerprint density at radius 2 is 0.656 bits per heavy atom. The molecule has 0 bridgehead atoms. The second kappa shape index (κ2) is 51.7. The summed E-state index contributed by atoms with van der Waals surface area (Å²) in [6, 6.07) is 0. The van der Waals surface area contributed by atoms with Crippen LogP contribution in [0.5, 0.6) is 0 Å². The van der Waals surface area contributed by atoms with Gasteiger partial charge in [-0.3, -0.25) is 14.4 Å². The Kier molecular flexibility index (Phi) is 48.5. The standard InChI is InChI=1S/C58H94O6/c1-4-7-10-13-16-19-21-23-25-26-27-28-29-30-31-32-34-35-37-39-42-45-48-51-57(60)63-54-55(53-62-56(59)50-47-44-41-18-15-12-9-6-3)64-58(61)52-49-46-43-40-38-36-33-24-22-20-17-14-11-8-5-2/h7-8,10-11,16-17,19-20,23-25,27-28,33,38,40,46,49,55H,4-6,9,12-15,18,21-22,26,29-32,34-37,39,41-45,47-48,50-54H2,1-3H3/b10-7-,11-8-,19-16-,20-17-,25-23-,28-27-,33-24-,40-38-,49-46-. The molecule has 0 saturated carbocycles. The van der Waals surface area contributed by atoms with Gasteiger partial charge in [0.25, 0.3) is 0 Å². The van der Waals surface area contributed by atoms with Crippen molar-refractivity contribution in [2.45, 2.75) is 226 Å². The molecule has 0 N–H and O–H groups in total. The summed E-state index contributed by atoms with van der Waals surface area (Å²) < 4.78 is 16.6. The Hall–Kier alpha value is -3.93. The maximum absolute atomic E-state index is 12.7. The summed E-state index contributed by atoms with van der Waals surface area (Å²) in [6.07, 6.45) is 69.7. The first kappa shape index (κ1) is 60.1. The molecule has 0 saturated heterocycles. The predicted molar refractivity (Wildman–Crippen MR) is 274 cm³/mol. The van der Waals surface area contributed by atoms with Crippen molar-refractivity contribution in [1.29, 1.82) is 0 Å². The molecular weight excluding hydrogens is 793 g/mol. The first-order valence-electron chi connectivity index (χ1n) is 25.9. The van der Waals surface area contributed by atoms with E-state index in [1.807, 2.05) is 6.08 Å². The van der Waals surface area contributed by atoms with Crippen LogP contribution in [0.4, 0.5) is 0 Å². The van der Waals surface area contributed by atoms with Gasteiger partial charge in [-0.25, -0.2) is 0 Å². The lowest BCUT2D eigenvalue weighted by Crippen LogP contribution is -2.30. The van der Waals surface area contributed by atoms with Gasteiger partial charge in [0.2, 0.25) is 0 Å². The normalized spacial score (nSPS) is 13.0. The maximum atomic E-state index is 12.7. The molecule has 0 radical (unpaired) electrons. The summed E-state index contributed by atoms with van der Waals surface area (Å²) in [5.74, 6) is -1.06. The lowest BCUT2D eigenvalue weighted by atomic mass is 10.1. The van der Waals surface area contributed by atoms with Gasteiger partial charge in [0.15, 0.2) is 6.10 Å². The summed E-state index contributed by atoms with van der Waals surface area (Å²) in [6.45, 7) is 6.28. The van der Waals surface area contributed by atoms with Crippen LogP contribution in [0.3, 0.4) is 0 Å². The quantitative estimate of drug-likeness (QED) is 0.0262. The van der Waals surface area contributed by atoms with Crippen molar-refractivity contribution in [1.82, 2.24) is 0 Å². The van der Waals surface area contributed by atoms with Crippen LogP contribution >= 0.6 is 0 Å². The molecule has 0 spiro atoms. The third kappa shape index (κ3) is 49.1. The van der Waals surface area contributed by atoms with E-state index in [0.29, 0.717) is 12.8 Å². The number of esters is 3. The molecule has 0 aliphatic heterocycles. The summed E-state index contributed by atoms with van der Waals surface area (Å²) >= 11 is 0. The highest BCUT2D eigenvalue weighted by molar-refractivity contribution is 5.72. The summed E-state index contributed by atoms with van der Waals surface area (Å²) in [5.41, 5.74) is 0. The summed E-state index contributed by atoms with van der Waals surface area (Å²) in [7, 11) is 0. The fourth-order valence-corrected chi connectivity index (χ4v) is 6.74. The van der Waals surface area contributed by atoms with E-state index in [-0.39, 0.29) is 31.6 Å². The lowest BCUT2D eigenvalue weighted by molar-refractivity contribution is -0.166. The van der Waals surface area contributed by atoms with Crippen LogP contribution in [0.25, 0.3) is 0 Å². The number of ether oxygens (including phenoxy) is 3. The van der Waals surface area contributed by atoms with Gasteiger partial charge in [0.05, 0.1) is 6.42 Å². The first-order chi connectivity index (χ1) is 31.5. The Bertz CT molecular complexity index is 1340. The monoisotopic (exact) mass is 887 g/mol. The Labute approximate surface area is 393 Å². The Morgan fingerprint density at radius 3 is 1.03 bits per heavy atom. The van der Waals surface area contributed by atoms with E-state index >= 15 is 0 Å². The molecule has 1 unspecified atom stereocenters. The molecule has 0 aliphatic carbocycles. The van der Waals surface area contributed by atoms with Crippen LogP contribution < -0.4 is 0 Å². The van der Waals surface area contributed by atoms with Crippen molar-refractivity contribution in [3.8, 4) is 0 Å². The van der Waals surface area contributed by atoms with E-state index < -0.39 is 12.1 Å². The minimum absolute atomic E-state index is 0.0941. The smallest absolute Gasteiger partial charge is 0.310 e. The third-order valence-electron chi connectivity index (χ3n) is 10.6. The van der Waals surface area contributed by atoms with Crippen molar-refractivity contribution in [3.05, 3.63) is 109 Å². The molecule has 0 heterocycles. The third-order valence-corrected chi connectivity index (χ3v) is 10.6. The Morgan fingerprint density at radius 1 is 0.344 bits per heavy atom.